The van der Waals surface area contributed by atoms with Gasteiger partial charge in [0.25, 0.3) is 0 Å². The lowest BCUT2D eigenvalue weighted by Crippen LogP contribution is -2.14. The fourth-order valence-corrected chi connectivity index (χ4v) is 5.25. The van der Waals surface area contributed by atoms with E-state index in [1.807, 2.05) is 0 Å². The molecule has 1 aromatic rings. The van der Waals surface area contributed by atoms with Crippen molar-refractivity contribution in [1.29, 1.82) is 0 Å². The van der Waals surface area contributed by atoms with Crippen LogP contribution in [0.1, 0.15) is 89.5 Å². The summed E-state index contributed by atoms with van der Waals surface area (Å²) in [5, 5.41) is 0. The molecule has 0 aliphatic heterocycles. The zero-order valence-electron chi connectivity index (χ0n) is 19.8. The average Bonchev–Trinajstić information content (AvgIpc) is 2.81. The minimum Gasteiger partial charge on any atom is -0.490 e. The van der Waals surface area contributed by atoms with E-state index in [-0.39, 0.29) is 5.75 Å². The van der Waals surface area contributed by atoms with E-state index in [2.05, 4.69) is 31.7 Å². The first-order valence-electron chi connectivity index (χ1n) is 12.7. The quantitative estimate of drug-likeness (QED) is 0.245. The van der Waals surface area contributed by atoms with Gasteiger partial charge in [0.05, 0.1) is 6.61 Å². The van der Waals surface area contributed by atoms with Crippen LogP contribution in [-0.2, 0) is 0 Å². The Hall–Kier alpha value is -1.90. The summed E-state index contributed by atoms with van der Waals surface area (Å²) in [5.41, 5.74) is 1.28. The molecule has 0 N–H and O–H groups in total. The lowest BCUT2D eigenvalue weighted by atomic mass is 9.78. The molecule has 1 fully saturated rings. The van der Waals surface area contributed by atoms with Crippen LogP contribution in [0.5, 0.6) is 5.75 Å². The molecule has 176 valence electrons. The summed E-state index contributed by atoms with van der Waals surface area (Å²) in [6.07, 6.45) is 22.7. The maximum atomic E-state index is 14.6. The van der Waals surface area contributed by atoms with Crippen molar-refractivity contribution in [3.05, 3.63) is 60.2 Å². The molecular weight excluding hydrogens is 402 g/mol. The minimum atomic E-state index is -0.891. The highest BCUT2D eigenvalue weighted by molar-refractivity contribution is 5.67. The predicted molar refractivity (Wildman–Crippen MR) is 131 cm³/mol. The molecule has 0 radical (unpaired) electrons. The number of hydrogen-bond donors (Lipinski definition) is 0. The summed E-state index contributed by atoms with van der Waals surface area (Å²) in [5.74, 6) is 0.687. The largest absolute Gasteiger partial charge is 0.490 e. The first kappa shape index (κ1) is 24.7. The molecule has 2 aliphatic rings. The van der Waals surface area contributed by atoms with E-state index < -0.39 is 11.6 Å². The second-order valence-electron chi connectivity index (χ2n) is 9.61. The Morgan fingerprint density at radius 2 is 1.75 bits per heavy atom. The van der Waals surface area contributed by atoms with Gasteiger partial charge in [0.1, 0.15) is 0 Å². The van der Waals surface area contributed by atoms with Crippen LogP contribution >= 0.6 is 0 Å². The van der Waals surface area contributed by atoms with Crippen LogP contribution in [0.2, 0.25) is 0 Å². The topological polar surface area (TPSA) is 9.23 Å². The van der Waals surface area contributed by atoms with Crippen LogP contribution in [0, 0.1) is 29.4 Å². The van der Waals surface area contributed by atoms with Crippen LogP contribution < -0.4 is 4.74 Å². The summed E-state index contributed by atoms with van der Waals surface area (Å²) in [6, 6.07) is 3.19. The molecule has 2 aliphatic carbocycles. The van der Waals surface area contributed by atoms with E-state index in [1.54, 1.807) is 18.2 Å². The third-order valence-corrected chi connectivity index (χ3v) is 7.24. The van der Waals surface area contributed by atoms with Gasteiger partial charge in [-0.3, -0.25) is 0 Å². The van der Waals surface area contributed by atoms with Gasteiger partial charge in [-0.15, -0.1) is 6.58 Å². The zero-order chi connectivity index (χ0) is 22.8. The molecule has 0 spiro atoms. The first-order valence-corrected chi connectivity index (χ1v) is 12.7. The second kappa shape index (κ2) is 13.0. The van der Waals surface area contributed by atoms with E-state index in [1.165, 1.54) is 51.4 Å². The highest BCUT2D eigenvalue weighted by Gasteiger charge is 2.21. The molecule has 32 heavy (non-hydrogen) atoms. The van der Waals surface area contributed by atoms with Crippen molar-refractivity contribution in [2.24, 2.45) is 17.8 Å². The summed E-state index contributed by atoms with van der Waals surface area (Å²) >= 11 is 0. The molecule has 0 heterocycles. The van der Waals surface area contributed by atoms with Gasteiger partial charge < -0.3 is 4.74 Å². The van der Waals surface area contributed by atoms with Crippen LogP contribution in [0.15, 0.2) is 43.0 Å². The van der Waals surface area contributed by atoms with Crippen LogP contribution in [-0.4, -0.2) is 6.61 Å². The fraction of sp³-hybridized carbons (Fsp3) is 0.586. The highest BCUT2D eigenvalue weighted by Crippen LogP contribution is 2.36. The third-order valence-electron chi connectivity index (χ3n) is 7.24. The van der Waals surface area contributed by atoms with Gasteiger partial charge in [0.15, 0.2) is 11.6 Å². The summed E-state index contributed by atoms with van der Waals surface area (Å²) in [4.78, 5) is 0. The normalized spacial score (nSPS) is 23.8. The van der Waals surface area contributed by atoms with E-state index in [9.17, 15) is 8.78 Å². The highest BCUT2D eigenvalue weighted by atomic mass is 19.2. The summed E-state index contributed by atoms with van der Waals surface area (Å²) < 4.78 is 34.3. The molecule has 1 unspecified atom stereocenters. The molecule has 0 bridgehead atoms. The smallest absolute Gasteiger partial charge is 0.201 e. The van der Waals surface area contributed by atoms with Crippen molar-refractivity contribution in [1.82, 2.24) is 0 Å². The van der Waals surface area contributed by atoms with Crippen molar-refractivity contribution in [3.63, 3.8) is 0 Å². The monoisotopic (exact) mass is 442 g/mol. The van der Waals surface area contributed by atoms with Crippen molar-refractivity contribution in [3.8, 4) is 5.75 Å². The van der Waals surface area contributed by atoms with E-state index in [4.69, 9.17) is 4.74 Å². The first-order chi connectivity index (χ1) is 15.6. The van der Waals surface area contributed by atoms with Crippen LogP contribution in [0.4, 0.5) is 8.78 Å². The fourth-order valence-electron chi connectivity index (χ4n) is 5.25. The van der Waals surface area contributed by atoms with Gasteiger partial charge in [-0.25, -0.2) is 4.39 Å². The molecule has 1 saturated carbocycles. The Kier molecular flexibility index (Phi) is 10.0. The Morgan fingerprint density at radius 3 is 2.41 bits per heavy atom. The molecule has 1 nitrogen and oxygen atoms in total. The molecule has 1 aromatic carbocycles. The minimum absolute atomic E-state index is 0.0239. The predicted octanol–water partition coefficient (Wildman–Crippen LogP) is 9.05. The second-order valence-corrected chi connectivity index (χ2v) is 9.61. The average molecular weight is 443 g/mol. The molecule has 3 rings (SSSR count). The number of benzene rings is 1. The zero-order valence-corrected chi connectivity index (χ0v) is 19.8. The molecule has 0 saturated heterocycles. The van der Waals surface area contributed by atoms with Crippen molar-refractivity contribution >= 4 is 5.57 Å². The number of hydrogen-bond acceptors (Lipinski definition) is 1. The van der Waals surface area contributed by atoms with Crippen molar-refractivity contribution in [2.45, 2.75) is 84.0 Å². The molecule has 3 heteroatoms. The van der Waals surface area contributed by atoms with E-state index >= 15 is 0 Å². The van der Waals surface area contributed by atoms with Crippen LogP contribution in [0.3, 0.4) is 0 Å². The number of halogens is 2. The number of allylic oxidation sites excluding steroid dienone is 4. The number of rotatable bonds is 11. The van der Waals surface area contributed by atoms with E-state index in [0.717, 1.165) is 36.7 Å². The summed E-state index contributed by atoms with van der Waals surface area (Å²) in [6.45, 7) is 6.21. The summed E-state index contributed by atoms with van der Waals surface area (Å²) in [7, 11) is 0. The van der Waals surface area contributed by atoms with E-state index in [0.29, 0.717) is 24.5 Å². The molecule has 1 atom stereocenters. The SMILES string of the molecule is C=CCCOc1ccc(C2=CCC(/C=C/CCC3CCC(CCC)CC3)CC2)c(F)c1F. The Labute approximate surface area is 193 Å². The molecular formula is C29H40F2O. The van der Waals surface area contributed by atoms with Gasteiger partial charge in [-0.1, -0.05) is 69.8 Å². The Morgan fingerprint density at radius 1 is 1.00 bits per heavy atom. The molecule has 0 aromatic heterocycles. The van der Waals surface area contributed by atoms with Gasteiger partial charge >= 0.3 is 0 Å². The van der Waals surface area contributed by atoms with Gasteiger partial charge in [-0.05, 0) is 74.0 Å². The lowest BCUT2D eigenvalue weighted by molar-refractivity contribution is 0.253. The lowest BCUT2D eigenvalue weighted by Gasteiger charge is -2.28. The van der Waals surface area contributed by atoms with Crippen molar-refractivity contribution < 1.29 is 13.5 Å². The standard InChI is InChI=1S/C29H40F2O/c1-3-5-21-32-27-20-19-26(28(30)29(27)31)25-17-15-24(16-18-25)10-7-6-9-23-13-11-22(8-4-2)12-14-23/h3,7,10,17,19-20,22-24H,1,4-6,8-9,11-16,18,21H2,2H3/b10-7+. The van der Waals surface area contributed by atoms with Gasteiger partial charge in [0.2, 0.25) is 5.82 Å². The van der Waals surface area contributed by atoms with Crippen LogP contribution in [0.25, 0.3) is 5.57 Å². The Bertz CT molecular complexity index is 787. The van der Waals surface area contributed by atoms with Crippen molar-refractivity contribution in [2.75, 3.05) is 6.61 Å². The maximum Gasteiger partial charge on any atom is 0.201 e. The number of ether oxygens (including phenoxy) is 1. The van der Waals surface area contributed by atoms with Gasteiger partial charge in [0, 0.05) is 5.56 Å². The third kappa shape index (κ3) is 7.05. The van der Waals surface area contributed by atoms with Gasteiger partial charge in [-0.2, -0.15) is 4.39 Å². The molecule has 0 amide bonds. The maximum absolute atomic E-state index is 14.6. The Balaban J connectivity index is 1.44.